The van der Waals surface area contributed by atoms with E-state index < -0.39 is 5.97 Å². The molecule has 0 spiro atoms. The molecule has 1 aromatic carbocycles. The van der Waals surface area contributed by atoms with Gasteiger partial charge >= 0.3 is 5.97 Å². The maximum Gasteiger partial charge on any atom is 0.340 e. The van der Waals surface area contributed by atoms with Crippen LogP contribution in [0.25, 0.3) is 10.9 Å². The number of halogens is 2. The first-order valence-corrected chi connectivity index (χ1v) is 6.39. The zero-order valence-electron chi connectivity index (χ0n) is 10.6. The molecule has 0 saturated heterocycles. The normalized spacial score (nSPS) is 10.9. The molecular weight excluding hydrogens is 289 g/mol. The predicted molar refractivity (Wildman–Crippen MR) is 75.2 cm³/mol. The lowest BCUT2D eigenvalue weighted by Gasteiger charge is -2.06. The maximum absolute atomic E-state index is 11.8. The predicted octanol–water partition coefficient (Wildman–Crippen LogP) is 3.38. The van der Waals surface area contributed by atoms with E-state index in [1.807, 2.05) is 4.57 Å². The van der Waals surface area contributed by atoms with Crippen LogP contribution in [0.1, 0.15) is 10.4 Å². The Morgan fingerprint density at radius 2 is 1.95 bits per heavy atom. The highest BCUT2D eigenvalue weighted by atomic mass is 35.5. The molecule has 2 aromatic rings. The molecule has 19 heavy (non-hydrogen) atoms. The Labute approximate surface area is 120 Å². The fourth-order valence-electron chi connectivity index (χ4n) is 1.99. The molecule has 0 bridgehead atoms. The molecule has 0 aliphatic heterocycles. The quantitative estimate of drug-likeness (QED) is 0.813. The molecule has 1 heterocycles. The van der Waals surface area contributed by atoms with Crippen molar-refractivity contribution in [2.45, 2.75) is 6.54 Å². The summed E-state index contributed by atoms with van der Waals surface area (Å²) in [6.07, 6.45) is 1.69. The fourth-order valence-corrected chi connectivity index (χ4v) is 2.51. The van der Waals surface area contributed by atoms with Crippen molar-refractivity contribution < 1.29 is 14.3 Å². The lowest BCUT2D eigenvalue weighted by Crippen LogP contribution is -2.03. The molecule has 0 N–H and O–H groups in total. The van der Waals surface area contributed by atoms with Crippen molar-refractivity contribution in [2.24, 2.45) is 0 Å². The van der Waals surface area contributed by atoms with Gasteiger partial charge in [-0.25, -0.2) is 4.79 Å². The molecule has 0 aliphatic carbocycles. The van der Waals surface area contributed by atoms with Gasteiger partial charge in [-0.2, -0.15) is 0 Å². The number of carbonyl (C=O) groups is 1. The van der Waals surface area contributed by atoms with Gasteiger partial charge in [0.1, 0.15) is 0 Å². The van der Waals surface area contributed by atoms with Crippen LogP contribution in [-0.2, 0) is 16.0 Å². The first-order chi connectivity index (χ1) is 9.10. The van der Waals surface area contributed by atoms with E-state index in [1.165, 1.54) is 7.11 Å². The van der Waals surface area contributed by atoms with Crippen molar-refractivity contribution in [3.05, 3.63) is 33.9 Å². The van der Waals surface area contributed by atoms with Gasteiger partial charge in [0.15, 0.2) is 0 Å². The third-order valence-corrected chi connectivity index (χ3v) is 3.48. The van der Waals surface area contributed by atoms with Crippen LogP contribution in [0, 0.1) is 0 Å². The Morgan fingerprint density at radius 1 is 1.26 bits per heavy atom. The first kappa shape index (κ1) is 14.2. The monoisotopic (exact) mass is 301 g/mol. The third kappa shape index (κ3) is 2.56. The van der Waals surface area contributed by atoms with E-state index in [4.69, 9.17) is 32.7 Å². The number of benzene rings is 1. The molecular formula is C13H13Cl2NO3. The molecule has 0 atom stereocenters. The Hall–Kier alpha value is -1.23. The second-order valence-electron chi connectivity index (χ2n) is 3.97. The average molecular weight is 302 g/mol. The molecule has 102 valence electrons. The number of nitrogens with zero attached hydrogens (tertiary/aromatic N) is 1. The minimum Gasteiger partial charge on any atom is -0.465 e. The van der Waals surface area contributed by atoms with Crippen molar-refractivity contribution in [2.75, 3.05) is 20.8 Å². The first-order valence-electron chi connectivity index (χ1n) is 5.64. The van der Waals surface area contributed by atoms with E-state index in [9.17, 15) is 4.79 Å². The molecule has 4 nitrogen and oxygen atoms in total. The van der Waals surface area contributed by atoms with Crippen molar-refractivity contribution in [1.82, 2.24) is 4.57 Å². The highest BCUT2D eigenvalue weighted by molar-refractivity contribution is 6.41. The topological polar surface area (TPSA) is 40.5 Å². The van der Waals surface area contributed by atoms with Crippen LogP contribution in [0.4, 0.5) is 0 Å². The second-order valence-corrected chi connectivity index (χ2v) is 4.79. The lowest BCUT2D eigenvalue weighted by atomic mass is 10.2. The van der Waals surface area contributed by atoms with Crippen LogP contribution in [0.15, 0.2) is 18.3 Å². The Kier molecular flexibility index (Phi) is 4.34. The van der Waals surface area contributed by atoms with Crippen LogP contribution in [0.2, 0.25) is 10.0 Å². The number of fused-ring (bicyclic) bond motifs is 1. The van der Waals surface area contributed by atoms with E-state index in [1.54, 1.807) is 25.4 Å². The number of aromatic nitrogens is 1. The molecule has 0 saturated carbocycles. The van der Waals surface area contributed by atoms with Crippen LogP contribution in [0.3, 0.4) is 0 Å². The number of hydrogen-bond acceptors (Lipinski definition) is 3. The van der Waals surface area contributed by atoms with E-state index in [0.717, 1.165) is 0 Å². The largest absolute Gasteiger partial charge is 0.465 e. The van der Waals surface area contributed by atoms with E-state index in [2.05, 4.69) is 0 Å². The number of hydrogen-bond donors (Lipinski definition) is 0. The average Bonchev–Trinajstić information content (AvgIpc) is 2.80. The molecule has 0 fully saturated rings. The smallest absolute Gasteiger partial charge is 0.340 e. The number of esters is 1. The number of carbonyl (C=O) groups excluding carboxylic acids is 1. The molecule has 2 rings (SSSR count). The summed E-state index contributed by atoms with van der Waals surface area (Å²) in [5.74, 6) is -0.440. The van der Waals surface area contributed by atoms with Crippen molar-refractivity contribution >= 4 is 40.1 Å². The Bertz CT molecular complexity index is 622. The number of ether oxygens (including phenoxy) is 2. The van der Waals surface area contributed by atoms with E-state index in [0.29, 0.717) is 39.7 Å². The summed E-state index contributed by atoms with van der Waals surface area (Å²) in [5, 5.41) is 1.61. The molecule has 6 heteroatoms. The SMILES string of the molecule is COCCn1cc(C(=O)OC)c2c(Cl)ccc(Cl)c21. The van der Waals surface area contributed by atoms with Gasteiger partial charge in [-0.3, -0.25) is 0 Å². The van der Waals surface area contributed by atoms with Gasteiger partial charge in [-0.05, 0) is 12.1 Å². The minimum atomic E-state index is -0.440. The van der Waals surface area contributed by atoms with Gasteiger partial charge in [0, 0.05) is 25.2 Å². The summed E-state index contributed by atoms with van der Waals surface area (Å²) in [5.41, 5.74) is 1.12. The zero-order valence-corrected chi connectivity index (χ0v) is 12.1. The van der Waals surface area contributed by atoms with Crippen molar-refractivity contribution in [1.29, 1.82) is 0 Å². The summed E-state index contributed by atoms with van der Waals surface area (Å²) >= 11 is 12.4. The number of methoxy groups -OCH3 is 2. The second kappa shape index (κ2) is 5.82. The van der Waals surface area contributed by atoms with Crippen LogP contribution >= 0.6 is 23.2 Å². The Morgan fingerprint density at radius 3 is 2.58 bits per heavy atom. The minimum absolute atomic E-state index is 0.404. The molecule has 1 aromatic heterocycles. The van der Waals surface area contributed by atoms with Crippen molar-refractivity contribution in [3.8, 4) is 0 Å². The van der Waals surface area contributed by atoms with Gasteiger partial charge in [-0.15, -0.1) is 0 Å². The highest BCUT2D eigenvalue weighted by Gasteiger charge is 2.19. The standard InChI is InChI=1S/C13H13Cl2NO3/c1-18-6-5-16-7-8(13(17)19-2)11-9(14)3-4-10(15)12(11)16/h3-4,7H,5-6H2,1-2H3. The highest BCUT2D eigenvalue weighted by Crippen LogP contribution is 2.34. The molecule has 0 unspecified atom stereocenters. The van der Waals surface area contributed by atoms with Crippen LogP contribution < -0.4 is 0 Å². The van der Waals surface area contributed by atoms with E-state index in [-0.39, 0.29) is 0 Å². The summed E-state index contributed by atoms with van der Waals surface area (Å²) in [6, 6.07) is 3.37. The lowest BCUT2D eigenvalue weighted by molar-refractivity contribution is 0.0602. The summed E-state index contributed by atoms with van der Waals surface area (Å²) < 4.78 is 11.7. The van der Waals surface area contributed by atoms with Gasteiger partial charge in [0.05, 0.1) is 34.8 Å². The van der Waals surface area contributed by atoms with E-state index >= 15 is 0 Å². The summed E-state index contributed by atoms with van der Waals surface area (Å²) in [6.45, 7) is 1.08. The maximum atomic E-state index is 11.8. The van der Waals surface area contributed by atoms with Crippen LogP contribution in [0.5, 0.6) is 0 Å². The summed E-state index contributed by atoms with van der Waals surface area (Å²) in [4.78, 5) is 11.8. The molecule has 0 radical (unpaired) electrons. The van der Waals surface area contributed by atoms with Crippen LogP contribution in [-0.4, -0.2) is 31.4 Å². The number of rotatable bonds is 4. The summed E-state index contributed by atoms with van der Waals surface area (Å²) in [7, 11) is 2.95. The fraction of sp³-hybridized carbons (Fsp3) is 0.308. The van der Waals surface area contributed by atoms with Gasteiger partial charge in [-0.1, -0.05) is 23.2 Å². The molecule has 0 amide bonds. The van der Waals surface area contributed by atoms with Gasteiger partial charge in [0.25, 0.3) is 0 Å². The van der Waals surface area contributed by atoms with Gasteiger partial charge in [0.2, 0.25) is 0 Å². The third-order valence-electron chi connectivity index (χ3n) is 2.86. The zero-order chi connectivity index (χ0) is 14.0. The van der Waals surface area contributed by atoms with Crippen molar-refractivity contribution in [3.63, 3.8) is 0 Å². The Balaban J connectivity index is 2.69. The molecule has 0 aliphatic rings. The van der Waals surface area contributed by atoms with Gasteiger partial charge < -0.3 is 14.0 Å².